The van der Waals surface area contributed by atoms with E-state index < -0.39 is 0 Å². The number of rotatable bonds is 7. The SMILES string of the molecule is COc1ccc(CSCC(=O)Nc2ccccc2)cc1OC. The van der Waals surface area contributed by atoms with Gasteiger partial charge < -0.3 is 14.8 Å². The molecule has 0 aliphatic heterocycles. The summed E-state index contributed by atoms with van der Waals surface area (Å²) in [5, 5.41) is 2.86. The number of ether oxygens (including phenoxy) is 2. The molecule has 2 aromatic rings. The van der Waals surface area contributed by atoms with Crippen molar-refractivity contribution in [3.05, 3.63) is 54.1 Å². The van der Waals surface area contributed by atoms with Crippen LogP contribution < -0.4 is 14.8 Å². The molecule has 0 aliphatic carbocycles. The zero-order valence-corrected chi connectivity index (χ0v) is 13.5. The molecule has 116 valence electrons. The van der Waals surface area contributed by atoms with Crippen molar-refractivity contribution in [3.8, 4) is 11.5 Å². The molecular weight excluding hydrogens is 298 g/mol. The summed E-state index contributed by atoms with van der Waals surface area (Å²) in [5.74, 6) is 2.55. The van der Waals surface area contributed by atoms with Gasteiger partial charge >= 0.3 is 0 Å². The molecule has 0 saturated carbocycles. The van der Waals surface area contributed by atoms with Crippen molar-refractivity contribution in [3.63, 3.8) is 0 Å². The number of para-hydroxylation sites is 1. The first-order chi connectivity index (χ1) is 10.7. The molecule has 5 heteroatoms. The first kappa shape index (κ1) is 16.2. The number of carbonyl (C=O) groups is 1. The monoisotopic (exact) mass is 317 g/mol. The Morgan fingerprint density at radius 1 is 1.05 bits per heavy atom. The smallest absolute Gasteiger partial charge is 0.234 e. The van der Waals surface area contributed by atoms with Crippen LogP contribution in [0.1, 0.15) is 5.56 Å². The van der Waals surface area contributed by atoms with Gasteiger partial charge in [0.1, 0.15) is 0 Å². The highest BCUT2D eigenvalue weighted by Gasteiger charge is 2.06. The van der Waals surface area contributed by atoms with Gasteiger partial charge in [0.25, 0.3) is 0 Å². The highest BCUT2D eigenvalue weighted by atomic mass is 32.2. The third kappa shape index (κ3) is 4.70. The van der Waals surface area contributed by atoms with Crippen molar-refractivity contribution in [2.75, 3.05) is 25.3 Å². The Hall–Kier alpha value is -2.14. The van der Waals surface area contributed by atoms with E-state index in [1.54, 1.807) is 26.0 Å². The highest BCUT2D eigenvalue weighted by Crippen LogP contribution is 2.29. The third-order valence-electron chi connectivity index (χ3n) is 3.01. The molecule has 0 bridgehead atoms. The largest absolute Gasteiger partial charge is 0.493 e. The number of anilines is 1. The fourth-order valence-electron chi connectivity index (χ4n) is 1.95. The van der Waals surface area contributed by atoms with Crippen LogP contribution >= 0.6 is 11.8 Å². The zero-order chi connectivity index (χ0) is 15.8. The number of amides is 1. The lowest BCUT2D eigenvalue weighted by atomic mass is 10.2. The van der Waals surface area contributed by atoms with Crippen molar-refractivity contribution in [1.29, 1.82) is 0 Å². The molecule has 0 heterocycles. The predicted molar refractivity (Wildman–Crippen MR) is 90.8 cm³/mol. The topological polar surface area (TPSA) is 47.6 Å². The molecule has 4 nitrogen and oxygen atoms in total. The van der Waals surface area contributed by atoms with Gasteiger partial charge in [-0.2, -0.15) is 0 Å². The van der Waals surface area contributed by atoms with Crippen LogP contribution in [0.2, 0.25) is 0 Å². The molecule has 0 atom stereocenters. The van der Waals surface area contributed by atoms with E-state index >= 15 is 0 Å². The molecule has 0 spiro atoms. The van der Waals surface area contributed by atoms with Crippen molar-refractivity contribution in [1.82, 2.24) is 0 Å². The number of hydrogen-bond acceptors (Lipinski definition) is 4. The van der Waals surface area contributed by atoms with Gasteiger partial charge in [-0.1, -0.05) is 24.3 Å². The Labute approximate surface area is 134 Å². The zero-order valence-electron chi connectivity index (χ0n) is 12.7. The van der Waals surface area contributed by atoms with E-state index in [1.165, 1.54) is 0 Å². The minimum atomic E-state index is -0.00308. The molecule has 0 fully saturated rings. The van der Waals surface area contributed by atoms with Crippen LogP contribution in [0.25, 0.3) is 0 Å². The Bertz CT molecular complexity index is 617. The number of hydrogen-bond donors (Lipinski definition) is 1. The van der Waals surface area contributed by atoms with Gasteiger partial charge in [-0.3, -0.25) is 4.79 Å². The fourth-order valence-corrected chi connectivity index (χ4v) is 2.73. The van der Waals surface area contributed by atoms with Gasteiger partial charge in [0, 0.05) is 11.4 Å². The summed E-state index contributed by atoms with van der Waals surface area (Å²) >= 11 is 1.56. The van der Waals surface area contributed by atoms with E-state index in [0.717, 1.165) is 17.0 Å². The number of benzene rings is 2. The quantitative estimate of drug-likeness (QED) is 0.848. The Balaban J connectivity index is 1.82. The Kier molecular flexibility index (Phi) is 6.15. The maximum Gasteiger partial charge on any atom is 0.234 e. The molecule has 2 rings (SSSR count). The van der Waals surface area contributed by atoms with Crippen LogP contribution in [-0.4, -0.2) is 25.9 Å². The number of methoxy groups -OCH3 is 2. The van der Waals surface area contributed by atoms with Gasteiger partial charge in [0.05, 0.1) is 20.0 Å². The lowest BCUT2D eigenvalue weighted by molar-refractivity contribution is -0.113. The average Bonchev–Trinajstić information content (AvgIpc) is 2.55. The molecule has 0 radical (unpaired) electrons. The fraction of sp³-hybridized carbons (Fsp3) is 0.235. The maximum atomic E-state index is 11.8. The minimum Gasteiger partial charge on any atom is -0.493 e. The average molecular weight is 317 g/mol. The van der Waals surface area contributed by atoms with Crippen LogP contribution in [-0.2, 0) is 10.5 Å². The molecular formula is C17H19NO3S. The van der Waals surface area contributed by atoms with Gasteiger partial charge in [0.2, 0.25) is 5.91 Å². The van der Waals surface area contributed by atoms with E-state index in [2.05, 4.69) is 5.32 Å². The van der Waals surface area contributed by atoms with E-state index in [-0.39, 0.29) is 5.91 Å². The van der Waals surface area contributed by atoms with Crippen LogP contribution in [0.3, 0.4) is 0 Å². The number of thioether (sulfide) groups is 1. The molecule has 0 saturated heterocycles. The number of nitrogens with one attached hydrogen (secondary N) is 1. The predicted octanol–water partition coefficient (Wildman–Crippen LogP) is 3.58. The summed E-state index contributed by atoms with van der Waals surface area (Å²) in [6.07, 6.45) is 0. The summed E-state index contributed by atoms with van der Waals surface area (Å²) in [6.45, 7) is 0. The Morgan fingerprint density at radius 2 is 1.77 bits per heavy atom. The van der Waals surface area contributed by atoms with Crippen LogP contribution in [0.4, 0.5) is 5.69 Å². The van der Waals surface area contributed by atoms with E-state index in [9.17, 15) is 4.79 Å². The van der Waals surface area contributed by atoms with Crippen molar-refractivity contribution < 1.29 is 14.3 Å². The minimum absolute atomic E-state index is 0.00308. The number of carbonyl (C=O) groups excluding carboxylic acids is 1. The molecule has 1 N–H and O–H groups in total. The molecule has 0 unspecified atom stereocenters. The van der Waals surface area contributed by atoms with Gasteiger partial charge in [-0.15, -0.1) is 11.8 Å². The van der Waals surface area contributed by atoms with Crippen LogP contribution in [0, 0.1) is 0 Å². The normalized spacial score (nSPS) is 10.1. The first-order valence-electron chi connectivity index (χ1n) is 6.86. The molecule has 0 aromatic heterocycles. The van der Waals surface area contributed by atoms with Gasteiger partial charge in [-0.25, -0.2) is 0 Å². The Morgan fingerprint density at radius 3 is 2.45 bits per heavy atom. The summed E-state index contributed by atoms with van der Waals surface area (Å²) < 4.78 is 10.5. The summed E-state index contributed by atoms with van der Waals surface area (Å²) in [4.78, 5) is 11.8. The van der Waals surface area contributed by atoms with Crippen LogP contribution in [0.15, 0.2) is 48.5 Å². The summed E-state index contributed by atoms with van der Waals surface area (Å²) in [6, 6.07) is 15.2. The molecule has 0 aliphatic rings. The second-order valence-electron chi connectivity index (χ2n) is 4.60. The lowest BCUT2D eigenvalue weighted by Crippen LogP contribution is -2.13. The second kappa shape index (κ2) is 8.34. The summed E-state index contributed by atoms with van der Waals surface area (Å²) in [7, 11) is 3.22. The first-order valence-corrected chi connectivity index (χ1v) is 8.02. The third-order valence-corrected chi connectivity index (χ3v) is 4.01. The van der Waals surface area contributed by atoms with Gasteiger partial charge in [-0.05, 0) is 29.8 Å². The van der Waals surface area contributed by atoms with E-state index in [0.29, 0.717) is 17.3 Å². The van der Waals surface area contributed by atoms with Crippen LogP contribution in [0.5, 0.6) is 11.5 Å². The van der Waals surface area contributed by atoms with E-state index in [1.807, 2.05) is 48.5 Å². The highest BCUT2D eigenvalue weighted by molar-refractivity contribution is 7.99. The van der Waals surface area contributed by atoms with Crippen molar-refractivity contribution >= 4 is 23.4 Å². The maximum absolute atomic E-state index is 11.8. The molecule has 22 heavy (non-hydrogen) atoms. The second-order valence-corrected chi connectivity index (χ2v) is 5.58. The molecule has 2 aromatic carbocycles. The standard InChI is InChI=1S/C17H19NO3S/c1-20-15-9-8-13(10-16(15)21-2)11-22-12-17(19)18-14-6-4-3-5-7-14/h3-10H,11-12H2,1-2H3,(H,18,19). The van der Waals surface area contributed by atoms with E-state index in [4.69, 9.17) is 9.47 Å². The summed E-state index contributed by atoms with van der Waals surface area (Å²) in [5.41, 5.74) is 1.91. The lowest BCUT2D eigenvalue weighted by Gasteiger charge is -2.09. The van der Waals surface area contributed by atoms with Crippen molar-refractivity contribution in [2.24, 2.45) is 0 Å². The molecule has 1 amide bonds. The van der Waals surface area contributed by atoms with Crippen molar-refractivity contribution in [2.45, 2.75) is 5.75 Å². The van der Waals surface area contributed by atoms with Gasteiger partial charge in [0.15, 0.2) is 11.5 Å².